The van der Waals surface area contributed by atoms with Crippen molar-refractivity contribution < 1.29 is 8.42 Å². The number of benzene rings is 2. The summed E-state index contributed by atoms with van der Waals surface area (Å²) in [6.07, 6.45) is 5.60. The minimum Gasteiger partial charge on any atom is -0.399 e. The van der Waals surface area contributed by atoms with Crippen LogP contribution in [0.3, 0.4) is 0 Å². The van der Waals surface area contributed by atoms with E-state index < -0.39 is 10.0 Å². The molecular formula is C24H31N5O2S2. The standard InChI is InChI=1S/C24H31N5O2S2/c1-28(2)20-13-9-18(10-14-20)6-3-4-8-23-26-27-24(32-23)22-7-5-17-29(22)33(30,31)21-15-11-19(25)12-16-21/h9-16,22H,3-8,17,25H2,1-2H3. The number of nitrogens with two attached hydrogens (primary N) is 1. The first-order valence-corrected chi connectivity index (χ1v) is 13.6. The van der Waals surface area contributed by atoms with Gasteiger partial charge in [0.05, 0.1) is 10.9 Å². The third-order valence-corrected chi connectivity index (χ3v) is 9.02. The van der Waals surface area contributed by atoms with E-state index in [-0.39, 0.29) is 10.9 Å². The van der Waals surface area contributed by atoms with Crippen LogP contribution in [0.15, 0.2) is 53.4 Å². The largest absolute Gasteiger partial charge is 0.399 e. The molecule has 1 aliphatic heterocycles. The van der Waals surface area contributed by atoms with Crippen molar-refractivity contribution >= 4 is 32.7 Å². The summed E-state index contributed by atoms with van der Waals surface area (Å²) < 4.78 is 27.9. The molecule has 9 heteroatoms. The van der Waals surface area contributed by atoms with E-state index in [1.54, 1.807) is 39.9 Å². The number of aryl methyl sites for hydroxylation is 2. The fourth-order valence-electron chi connectivity index (χ4n) is 4.12. The highest BCUT2D eigenvalue weighted by Gasteiger charge is 2.38. The number of nitrogen functional groups attached to an aromatic ring is 1. The van der Waals surface area contributed by atoms with Crippen LogP contribution in [0.5, 0.6) is 0 Å². The molecule has 1 unspecified atom stereocenters. The van der Waals surface area contributed by atoms with E-state index in [0.717, 1.165) is 48.5 Å². The van der Waals surface area contributed by atoms with Crippen LogP contribution < -0.4 is 10.6 Å². The second kappa shape index (κ2) is 10.2. The quantitative estimate of drug-likeness (QED) is 0.359. The Hall–Kier alpha value is -2.49. The van der Waals surface area contributed by atoms with Crippen LogP contribution in [-0.2, 0) is 22.9 Å². The molecule has 1 aliphatic rings. The Morgan fingerprint density at radius 2 is 1.73 bits per heavy atom. The molecular weight excluding hydrogens is 454 g/mol. The molecule has 0 bridgehead atoms. The average Bonchev–Trinajstić information content (AvgIpc) is 3.47. The van der Waals surface area contributed by atoms with Gasteiger partial charge in [-0.25, -0.2) is 8.42 Å². The van der Waals surface area contributed by atoms with Gasteiger partial charge in [-0.05, 0) is 74.1 Å². The SMILES string of the molecule is CN(C)c1ccc(CCCCc2nnc(C3CCCN3S(=O)(=O)c3ccc(N)cc3)s2)cc1. The zero-order valence-electron chi connectivity index (χ0n) is 19.1. The van der Waals surface area contributed by atoms with Crippen molar-refractivity contribution in [3.8, 4) is 0 Å². The Morgan fingerprint density at radius 1 is 1.03 bits per heavy atom. The highest BCUT2D eigenvalue weighted by atomic mass is 32.2. The van der Waals surface area contributed by atoms with E-state index >= 15 is 0 Å². The molecule has 3 aromatic rings. The van der Waals surface area contributed by atoms with Gasteiger partial charge in [0.2, 0.25) is 10.0 Å². The molecule has 1 fully saturated rings. The molecule has 7 nitrogen and oxygen atoms in total. The lowest BCUT2D eigenvalue weighted by molar-refractivity contribution is 0.394. The van der Waals surface area contributed by atoms with Crippen LogP contribution in [-0.4, -0.2) is 43.6 Å². The number of sulfonamides is 1. The van der Waals surface area contributed by atoms with E-state index in [2.05, 4.69) is 39.4 Å². The van der Waals surface area contributed by atoms with Crippen molar-refractivity contribution in [2.45, 2.75) is 49.5 Å². The Kier molecular flexibility index (Phi) is 7.31. The summed E-state index contributed by atoms with van der Waals surface area (Å²) in [5.41, 5.74) is 8.81. The maximum atomic E-state index is 13.2. The lowest BCUT2D eigenvalue weighted by Gasteiger charge is -2.22. The van der Waals surface area contributed by atoms with Gasteiger partial charge >= 0.3 is 0 Å². The molecule has 0 aliphatic carbocycles. The highest BCUT2D eigenvalue weighted by molar-refractivity contribution is 7.89. The van der Waals surface area contributed by atoms with Crippen LogP contribution in [0.1, 0.15) is 47.3 Å². The first kappa shape index (κ1) is 23.7. The molecule has 4 rings (SSSR count). The number of hydrogen-bond acceptors (Lipinski definition) is 7. The third kappa shape index (κ3) is 5.54. The molecule has 1 atom stereocenters. The van der Waals surface area contributed by atoms with Gasteiger partial charge in [0.1, 0.15) is 10.0 Å². The van der Waals surface area contributed by atoms with Crippen LogP contribution in [0.4, 0.5) is 11.4 Å². The van der Waals surface area contributed by atoms with Gasteiger partial charge in [-0.2, -0.15) is 4.31 Å². The fourth-order valence-corrected chi connectivity index (χ4v) is 6.88. The number of anilines is 2. The minimum atomic E-state index is -3.59. The van der Waals surface area contributed by atoms with Crippen molar-refractivity contribution in [3.05, 3.63) is 64.1 Å². The van der Waals surface area contributed by atoms with Crippen LogP contribution >= 0.6 is 11.3 Å². The van der Waals surface area contributed by atoms with Gasteiger partial charge in [0, 0.05) is 38.4 Å². The summed E-state index contributed by atoms with van der Waals surface area (Å²) in [7, 11) is 0.500. The van der Waals surface area contributed by atoms with Gasteiger partial charge in [0.15, 0.2) is 0 Å². The van der Waals surface area contributed by atoms with Crippen molar-refractivity contribution in [3.63, 3.8) is 0 Å². The molecule has 33 heavy (non-hydrogen) atoms. The van der Waals surface area contributed by atoms with Gasteiger partial charge in [0.25, 0.3) is 0 Å². The van der Waals surface area contributed by atoms with Crippen molar-refractivity contribution in [2.24, 2.45) is 0 Å². The fraction of sp³-hybridized carbons (Fsp3) is 0.417. The van der Waals surface area contributed by atoms with Gasteiger partial charge in [-0.3, -0.25) is 0 Å². The molecule has 0 amide bonds. The molecule has 1 saturated heterocycles. The number of rotatable bonds is 9. The predicted molar refractivity (Wildman–Crippen MR) is 134 cm³/mol. The zero-order valence-corrected chi connectivity index (χ0v) is 20.8. The summed E-state index contributed by atoms with van der Waals surface area (Å²) in [6.45, 7) is 0.499. The normalized spacial score (nSPS) is 16.8. The third-order valence-electron chi connectivity index (χ3n) is 6.02. The van der Waals surface area contributed by atoms with E-state index in [1.807, 2.05) is 14.1 Å². The topological polar surface area (TPSA) is 92.4 Å². The molecule has 2 heterocycles. The Bertz CT molecular complexity index is 1160. The van der Waals surface area contributed by atoms with E-state index in [0.29, 0.717) is 12.2 Å². The lowest BCUT2D eigenvalue weighted by atomic mass is 10.1. The summed E-state index contributed by atoms with van der Waals surface area (Å²) in [4.78, 5) is 2.37. The summed E-state index contributed by atoms with van der Waals surface area (Å²) in [6, 6.07) is 14.8. The highest BCUT2D eigenvalue weighted by Crippen LogP contribution is 2.38. The predicted octanol–water partition coefficient (Wildman–Crippen LogP) is 4.28. The molecule has 1 aromatic heterocycles. The molecule has 176 valence electrons. The molecule has 2 N–H and O–H groups in total. The van der Waals surface area contributed by atoms with Crippen molar-refractivity contribution in [2.75, 3.05) is 31.3 Å². The van der Waals surface area contributed by atoms with E-state index in [9.17, 15) is 8.42 Å². The van der Waals surface area contributed by atoms with Crippen LogP contribution in [0.2, 0.25) is 0 Å². The van der Waals surface area contributed by atoms with E-state index in [1.165, 1.54) is 11.3 Å². The monoisotopic (exact) mass is 485 g/mol. The number of nitrogens with zero attached hydrogens (tertiary/aromatic N) is 4. The number of hydrogen-bond donors (Lipinski definition) is 1. The Labute approximate surface area is 200 Å². The van der Waals surface area contributed by atoms with Crippen molar-refractivity contribution in [1.29, 1.82) is 0 Å². The molecule has 0 saturated carbocycles. The smallest absolute Gasteiger partial charge is 0.243 e. The lowest BCUT2D eigenvalue weighted by Crippen LogP contribution is -2.30. The van der Waals surface area contributed by atoms with Crippen LogP contribution in [0.25, 0.3) is 0 Å². The first-order valence-electron chi connectivity index (χ1n) is 11.3. The molecule has 0 spiro atoms. The first-order chi connectivity index (χ1) is 15.8. The maximum absolute atomic E-state index is 13.2. The van der Waals surface area contributed by atoms with Crippen molar-refractivity contribution in [1.82, 2.24) is 14.5 Å². The summed E-state index contributed by atoms with van der Waals surface area (Å²) >= 11 is 1.55. The maximum Gasteiger partial charge on any atom is 0.243 e. The number of unbranched alkanes of at least 4 members (excludes halogenated alkanes) is 1. The molecule has 2 aromatic carbocycles. The second-order valence-corrected chi connectivity index (χ2v) is 11.6. The average molecular weight is 486 g/mol. The van der Waals surface area contributed by atoms with Gasteiger partial charge in [-0.1, -0.05) is 23.5 Å². The Morgan fingerprint density at radius 3 is 2.42 bits per heavy atom. The van der Waals surface area contributed by atoms with Crippen LogP contribution in [0, 0.1) is 0 Å². The van der Waals surface area contributed by atoms with Gasteiger partial charge in [-0.15, -0.1) is 10.2 Å². The summed E-state index contributed by atoms with van der Waals surface area (Å²) in [5.74, 6) is 0. The Balaban J connectivity index is 1.34. The zero-order chi connectivity index (χ0) is 23.4. The number of aromatic nitrogens is 2. The van der Waals surface area contributed by atoms with E-state index in [4.69, 9.17) is 5.73 Å². The van der Waals surface area contributed by atoms with Gasteiger partial charge < -0.3 is 10.6 Å². The molecule has 0 radical (unpaired) electrons. The summed E-state index contributed by atoms with van der Waals surface area (Å²) in [5, 5.41) is 10.5. The minimum absolute atomic E-state index is 0.242. The second-order valence-electron chi connectivity index (χ2n) is 8.64.